The highest BCUT2D eigenvalue weighted by atomic mass is 35.5. The largest absolute Gasteiger partial charge is 0.324 e. The van der Waals surface area contributed by atoms with Crippen LogP contribution in [-0.4, -0.2) is 21.1 Å². The van der Waals surface area contributed by atoms with Gasteiger partial charge in [-0.25, -0.2) is 4.98 Å². The predicted octanol–water partition coefficient (Wildman–Crippen LogP) is 5.49. The van der Waals surface area contributed by atoms with Crippen molar-refractivity contribution in [3.63, 3.8) is 0 Å². The van der Waals surface area contributed by atoms with Crippen LogP contribution in [0.25, 0.3) is 11.0 Å². The molecule has 21 heavy (non-hydrogen) atoms. The number of fused-ring (bicyclic) bond motifs is 1. The van der Waals surface area contributed by atoms with Crippen molar-refractivity contribution in [2.75, 3.05) is 6.26 Å². The Morgan fingerprint density at radius 2 is 2.00 bits per heavy atom. The number of halogens is 1. The van der Waals surface area contributed by atoms with Gasteiger partial charge >= 0.3 is 0 Å². The second-order valence-electron chi connectivity index (χ2n) is 6.11. The van der Waals surface area contributed by atoms with E-state index in [4.69, 9.17) is 16.6 Å². The van der Waals surface area contributed by atoms with Gasteiger partial charge < -0.3 is 4.57 Å². The topological polar surface area (TPSA) is 17.8 Å². The number of aromatic nitrogens is 2. The zero-order valence-corrected chi connectivity index (χ0v) is 14.5. The van der Waals surface area contributed by atoms with Crippen LogP contribution >= 0.6 is 23.4 Å². The van der Waals surface area contributed by atoms with Crippen molar-refractivity contribution in [3.8, 4) is 0 Å². The fraction of sp³-hybridized carbons (Fsp3) is 0.588. The Hall–Kier alpha value is -0.670. The van der Waals surface area contributed by atoms with Crippen LogP contribution in [0.5, 0.6) is 0 Å². The number of imidazole rings is 1. The average molecular weight is 323 g/mol. The molecule has 0 bridgehead atoms. The van der Waals surface area contributed by atoms with E-state index >= 15 is 0 Å². The first-order valence-corrected chi connectivity index (χ1v) is 9.48. The molecule has 1 heterocycles. The molecule has 0 saturated heterocycles. The van der Waals surface area contributed by atoms with Crippen molar-refractivity contribution in [3.05, 3.63) is 29.6 Å². The van der Waals surface area contributed by atoms with Gasteiger partial charge in [0.2, 0.25) is 0 Å². The van der Waals surface area contributed by atoms with E-state index in [1.807, 2.05) is 18.7 Å². The number of hydrogen-bond acceptors (Lipinski definition) is 2. The molecule has 1 saturated carbocycles. The van der Waals surface area contributed by atoms with Crippen LogP contribution in [0.1, 0.15) is 55.4 Å². The lowest BCUT2D eigenvalue weighted by Gasteiger charge is -2.30. The summed E-state index contributed by atoms with van der Waals surface area (Å²) in [5.41, 5.74) is 3.62. The maximum Gasteiger partial charge on any atom is 0.127 e. The maximum absolute atomic E-state index is 6.41. The third-order valence-corrected chi connectivity index (χ3v) is 5.90. The lowest BCUT2D eigenvalue weighted by atomic mass is 9.94. The van der Waals surface area contributed by atoms with Crippen LogP contribution in [0.3, 0.4) is 0 Å². The molecule has 1 atom stereocenters. The number of thioether (sulfide) groups is 1. The van der Waals surface area contributed by atoms with Gasteiger partial charge in [-0.1, -0.05) is 6.07 Å². The number of benzene rings is 1. The Balaban J connectivity index is 2.03. The molecular formula is C17H23ClN2S. The molecule has 4 heteroatoms. The number of hydrogen-bond donors (Lipinski definition) is 0. The predicted molar refractivity (Wildman–Crippen MR) is 93.5 cm³/mol. The van der Waals surface area contributed by atoms with Gasteiger partial charge in [-0.2, -0.15) is 11.8 Å². The molecule has 1 unspecified atom stereocenters. The van der Waals surface area contributed by atoms with E-state index in [0.29, 0.717) is 6.04 Å². The Labute approximate surface area is 136 Å². The third-order valence-electron chi connectivity index (χ3n) is 4.57. The number of aryl methyl sites for hydroxylation is 1. The Bertz CT molecular complexity index is 627. The minimum Gasteiger partial charge on any atom is -0.324 e. The zero-order chi connectivity index (χ0) is 15.0. The summed E-state index contributed by atoms with van der Waals surface area (Å²) in [5.74, 6) is 1.03. The van der Waals surface area contributed by atoms with Crippen LogP contribution in [0.15, 0.2) is 18.2 Å². The first-order valence-electron chi connectivity index (χ1n) is 7.75. The van der Waals surface area contributed by atoms with Gasteiger partial charge in [-0.3, -0.25) is 0 Å². The molecular weight excluding hydrogens is 300 g/mol. The normalized spacial score (nSPS) is 24.4. The van der Waals surface area contributed by atoms with Gasteiger partial charge in [0.1, 0.15) is 5.82 Å². The molecule has 2 aromatic rings. The minimum absolute atomic E-state index is 0.0454. The van der Waals surface area contributed by atoms with E-state index in [-0.39, 0.29) is 5.38 Å². The standard InChI is InChI=1S/C17H23ClN2S/c1-11-4-9-15-16(10-11)20(17(19-15)12(2)18)13-5-7-14(21-3)8-6-13/h4,9-10,12-14H,5-8H2,1-3H3. The number of alkyl halides is 1. The molecule has 1 aromatic heterocycles. The summed E-state index contributed by atoms with van der Waals surface area (Å²) >= 11 is 8.42. The molecule has 114 valence electrons. The molecule has 1 fully saturated rings. The van der Waals surface area contributed by atoms with E-state index in [1.165, 1.54) is 36.8 Å². The summed E-state index contributed by atoms with van der Waals surface area (Å²) in [6.45, 7) is 4.17. The van der Waals surface area contributed by atoms with Crippen LogP contribution in [0, 0.1) is 6.92 Å². The fourth-order valence-corrected chi connectivity index (χ4v) is 4.32. The van der Waals surface area contributed by atoms with Crippen molar-refractivity contribution in [2.45, 2.75) is 56.2 Å². The fourth-order valence-electron chi connectivity index (χ4n) is 3.43. The summed E-state index contributed by atoms with van der Waals surface area (Å²) in [5, 5.41) is 0.783. The summed E-state index contributed by atoms with van der Waals surface area (Å²) < 4.78 is 2.43. The third kappa shape index (κ3) is 2.95. The molecule has 0 N–H and O–H groups in total. The molecule has 1 aromatic carbocycles. The quantitative estimate of drug-likeness (QED) is 0.695. The molecule has 1 aliphatic rings. The van der Waals surface area contributed by atoms with E-state index in [0.717, 1.165) is 16.6 Å². The second-order valence-corrected chi connectivity index (χ2v) is 7.91. The highest BCUT2D eigenvalue weighted by molar-refractivity contribution is 7.99. The van der Waals surface area contributed by atoms with Crippen LogP contribution in [0.4, 0.5) is 0 Å². The zero-order valence-electron chi connectivity index (χ0n) is 13.0. The first kappa shape index (κ1) is 15.2. The summed E-state index contributed by atoms with van der Waals surface area (Å²) in [6.07, 6.45) is 7.30. The van der Waals surface area contributed by atoms with E-state index in [1.54, 1.807) is 0 Å². The van der Waals surface area contributed by atoms with Crippen molar-refractivity contribution in [1.82, 2.24) is 9.55 Å². The van der Waals surface area contributed by atoms with Gasteiger partial charge in [0.15, 0.2) is 0 Å². The van der Waals surface area contributed by atoms with E-state index in [9.17, 15) is 0 Å². The van der Waals surface area contributed by atoms with Crippen molar-refractivity contribution >= 4 is 34.4 Å². The van der Waals surface area contributed by atoms with Crippen LogP contribution in [0.2, 0.25) is 0 Å². The summed E-state index contributed by atoms with van der Waals surface area (Å²) in [4.78, 5) is 4.79. The van der Waals surface area contributed by atoms with Gasteiger partial charge in [0.05, 0.1) is 16.4 Å². The molecule has 2 nitrogen and oxygen atoms in total. The monoisotopic (exact) mass is 322 g/mol. The first-order chi connectivity index (χ1) is 10.1. The number of nitrogens with zero attached hydrogens (tertiary/aromatic N) is 2. The lowest BCUT2D eigenvalue weighted by Crippen LogP contribution is -2.21. The lowest BCUT2D eigenvalue weighted by molar-refractivity contribution is 0.358. The summed E-state index contributed by atoms with van der Waals surface area (Å²) in [7, 11) is 0. The van der Waals surface area contributed by atoms with Crippen molar-refractivity contribution in [1.29, 1.82) is 0 Å². The highest BCUT2D eigenvalue weighted by Gasteiger charge is 2.26. The summed E-state index contributed by atoms with van der Waals surface area (Å²) in [6, 6.07) is 7.06. The average Bonchev–Trinajstić information content (AvgIpc) is 2.86. The van der Waals surface area contributed by atoms with Crippen molar-refractivity contribution < 1.29 is 0 Å². The molecule has 0 radical (unpaired) electrons. The van der Waals surface area contributed by atoms with Crippen LogP contribution < -0.4 is 0 Å². The Morgan fingerprint density at radius 1 is 1.29 bits per heavy atom. The number of rotatable bonds is 3. The Morgan fingerprint density at radius 3 is 2.62 bits per heavy atom. The van der Waals surface area contributed by atoms with Gasteiger partial charge in [0.25, 0.3) is 0 Å². The smallest absolute Gasteiger partial charge is 0.127 e. The Kier molecular flexibility index (Phi) is 4.51. The molecule has 1 aliphatic carbocycles. The SMILES string of the molecule is CSC1CCC(n2c(C(C)Cl)nc3ccc(C)cc32)CC1. The molecule has 3 rings (SSSR count). The van der Waals surface area contributed by atoms with Gasteiger partial charge in [-0.15, -0.1) is 11.6 Å². The van der Waals surface area contributed by atoms with Crippen molar-refractivity contribution in [2.24, 2.45) is 0 Å². The van der Waals surface area contributed by atoms with Gasteiger partial charge in [0, 0.05) is 11.3 Å². The highest BCUT2D eigenvalue weighted by Crippen LogP contribution is 2.38. The molecule has 0 aliphatic heterocycles. The second kappa shape index (κ2) is 6.21. The minimum atomic E-state index is -0.0454. The maximum atomic E-state index is 6.41. The van der Waals surface area contributed by atoms with E-state index < -0.39 is 0 Å². The molecule has 0 amide bonds. The van der Waals surface area contributed by atoms with Gasteiger partial charge in [-0.05, 0) is 63.5 Å². The molecule has 0 spiro atoms. The van der Waals surface area contributed by atoms with E-state index in [2.05, 4.69) is 35.9 Å². The van der Waals surface area contributed by atoms with Crippen LogP contribution in [-0.2, 0) is 0 Å².